The van der Waals surface area contributed by atoms with Crippen LogP contribution in [0.5, 0.6) is 0 Å². The van der Waals surface area contributed by atoms with Crippen molar-refractivity contribution in [3.8, 4) is 78.1 Å². The number of aromatic nitrogens is 2. The van der Waals surface area contributed by atoms with Gasteiger partial charge in [-0.2, -0.15) is 0 Å². The van der Waals surface area contributed by atoms with E-state index in [4.69, 9.17) is 0 Å². The zero-order valence-electron chi connectivity index (χ0n) is 53.7. The molecule has 0 aliphatic heterocycles. The summed E-state index contributed by atoms with van der Waals surface area (Å²) in [6.07, 6.45) is 0. The standard InChI is InChI=1S/C92H60N4S3/c1-5-18-61(19-6-1)67-36-46-77(47-37-67)93(78-48-38-68(39-49-78)62-20-7-2-8-21-62)85-59-83-89(97-85)91-87(95(83)81-54-44-71(45-55-81)75-34-32-65-26-13-15-28-72(65)56-75)88-92(99-91)90-84(96(88)82-31-17-30-74(58-82)76-35-33-66-27-14-16-29-73(66)57-76)60-86(98-90)94(79-50-40-69(41-51-79)63-22-9-3-10-23-63)80-52-42-70(43-53-80)64-24-11-4-12-25-64/h1-60H. The van der Waals surface area contributed by atoms with E-state index in [1.807, 2.05) is 34.0 Å². The van der Waals surface area contributed by atoms with E-state index in [0.29, 0.717) is 0 Å². The normalized spacial score (nSPS) is 11.6. The summed E-state index contributed by atoms with van der Waals surface area (Å²) >= 11 is 5.68. The summed E-state index contributed by atoms with van der Waals surface area (Å²) in [6.45, 7) is 0. The summed E-state index contributed by atoms with van der Waals surface area (Å²) in [6, 6.07) is 133. The van der Waals surface area contributed by atoms with E-state index in [2.05, 4.69) is 383 Å². The molecule has 0 saturated carbocycles. The van der Waals surface area contributed by atoms with Gasteiger partial charge in [0.15, 0.2) is 0 Å². The zero-order chi connectivity index (χ0) is 65.3. The van der Waals surface area contributed by atoms with Gasteiger partial charge in [-0.1, -0.05) is 267 Å². The molecule has 0 bridgehead atoms. The Morgan fingerprint density at radius 3 is 0.879 bits per heavy atom. The van der Waals surface area contributed by atoms with E-state index in [0.717, 1.165) is 60.7 Å². The smallest absolute Gasteiger partial charge is 0.103 e. The molecule has 0 fully saturated rings. The largest absolute Gasteiger partial charge is 0.305 e. The lowest BCUT2D eigenvalue weighted by molar-refractivity contribution is 1.15. The molecular formula is C92H60N4S3. The maximum Gasteiger partial charge on any atom is 0.103 e. The quantitative estimate of drug-likeness (QED) is 0.108. The lowest BCUT2D eigenvalue weighted by Crippen LogP contribution is -2.08. The fourth-order valence-corrected chi connectivity index (χ4v) is 18.4. The van der Waals surface area contributed by atoms with E-state index >= 15 is 0 Å². The molecule has 19 rings (SSSR count). The molecule has 19 aromatic rings. The molecule has 7 heteroatoms. The van der Waals surface area contributed by atoms with Crippen LogP contribution in [0.1, 0.15) is 0 Å². The number of anilines is 6. The fraction of sp³-hybridized carbons (Fsp3) is 0. The Kier molecular flexibility index (Phi) is 14.4. The first kappa shape index (κ1) is 58.3. The van der Waals surface area contributed by atoms with Crippen LogP contribution in [0.4, 0.5) is 32.8 Å². The molecule has 5 aromatic heterocycles. The van der Waals surface area contributed by atoms with Gasteiger partial charge in [0.25, 0.3) is 0 Å². The van der Waals surface area contributed by atoms with Gasteiger partial charge in [-0.25, -0.2) is 0 Å². The van der Waals surface area contributed by atoms with Crippen LogP contribution in [0, 0.1) is 0 Å². The van der Waals surface area contributed by atoms with Crippen molar-refractivity contribution in [1.82, 2.24) is 9.13 Å². The molecule has 0 unspecified atom stereocenters. The third-order valence-corrected chi connectivity index (χ3v) is 23.1. The van der Waals surface area contributed by atoms with Crippen molar-refractivity contribution in [2.45, 2.75) is 0 Å². The summed E-state index contributed by atoms with van der Waals surface area (Å²) in [4.78, 5) is 4.91. The van der Waals surface area contributed by atoms with Gasteiger partial charge in [-0.15, -0.1) is 34.0 Å². The average Bonchev–Trinajstić information content (AvgIpc) is 1.52. The van der Waals surface area contributed by atoms with E-state index in [-0.39, 0.29) is 0 Å². The molecule has 0 radical (unpaired) electrons. The van der Waals surface area contributed by atoms with Crippen molar-refractivity contribution >= 4 is 129 Å². The summed E-state index contributed by atoms with van der Waals surface area (Å²) in [7, 11) is 0. The molecule has 0 atom stereocenters. The second-order valence-electron chi connectivity index (χ2n) is 25.3. The number of hydrogen-bond donors (Lipinski definition) is 0. The Hall–Kier alpha value is -12.1. The topological polar surface area (TPSA) is 16.3 Å². The Bertz CT molecular complexity index is 6000. The van der Waals surface area contributed by atoms with Crippen molar-refractivity contribution in [2.24, 2.45) is 0 Å². The number of hydrogen-bond acceptors (Lipinski definition) is 5. The van der Waals surface area contributed by atoms with Gasteiger partial charge in [0.2, 0.25) is 0 Å². The van der Waals surface area contributed by atoms with Gasteiger partial charge >= 0.3 is 0 Å². The van der Waals surface area contributed by atoms with Crippen molar-refractivity contribution in [3.05, 3.63) is 364 Å². The maximum absolute atomic E-state index is 2.59. The highest BCUT2D eigenvalue weighted by atomic mass is 32.1. The first-order valence-electron chi connectivity index (χ1n) is 33.5. The van der Waals surface area contributed by atoms with Crippen molar-refractivity contribution in [3.63, 3.8) is 0 Å². The van der Waals surface area contributed by atoms with Gasteiger partial charge in [0.05, 0.1) is 40.9 Å². The van der Waals surface area contributed by atoms with Gasteiger partial charge in [0.1, 0.15) is 10.0 Å². The van der Waals surface area contributed by atoms with Crippen molar-refractivity contribution in [2.75, 3.05) is 9.80 Å². The van der Waals surface area contributed by atoms with Crippen LogP contribution < -0.4 is 9.80 Å². The van der Waals surface area contributed by atoms with E-state index in [9.17, 15) is 0 Å². The molecule has 466 valence electrons. The zero-order valence-corrected chi connectivity index (χ0v) is 56.1. The molecule has 0 aliphatic carbocycles. The van der Waals surface area contributed by atoms with E-state index in [1.165, 1.54) is 113 Å². The highest BCUT2D eigenvalue weighted by Gasteiger charge is 2.30. The molecule has 99 heavy (non-hydrogen) atoms. The van der Waals surface area contributed by atoms with Crippen molar-refractivity contribution in [1.29, 1.82) is 0 Å². The average molecular weight is 1320 g/mol. The molecule has 14 aromatic carbocycles. The molecular weight excluding hydrogens is 1260 g/mol. The molecule has 0 N–H and O–H groups in total. The molecule has 5 heterocycles. The summed E-state index contributed by atoms with van der Waals surface area (Å²) in [5.74, 6) is 0. The second kappa shape index (κ2) is 24.5. The van der Waals surface area contributed by atoms with Crippen LogP contribution in [-0.4, -0.2) is 9.13 Å². The van der Waals surface area contributed by atoms with Crippen LogP contribution in [0.2, 0.25) is 0 Å². The Morgan fingerprint density at radius 2 is 0.485 bits per heavy atom. The van der Waals surface area contributed by atoms with Crippen LogP contribution in [0.25, 0.3) is 141 Å². The first-order valence-corrected chi connectivity index (χ1v) is 36.0. The fourth-order valence-electron chi connectivity index (χ4n) is 14.4. The lowest BCUT2D eigenvalue weighted by atomic mass is 10.0. The van der Waals surface area contributed by atoms with Crippen LogP contribution in [-0.2, 0) is 0 Å². The number of rotatable bonds is 14. The third kappa shape index (κ3) is 10.5. The monoisotopic (exact) mass is 1320 g/mol. The summed E-state index contributed by atoms with van der Waals surface area (Å²) in [5.41, 5.74) is 25.4. The van der Waals surface area contributed by atoms with Crippen LogP contribution in [0.3, 0.4) is 0 Å². The first-order chi connectivity index (χ1) is 49.0. The van der Waals surface area contributed by atoms with Crippen LogP contribution >= 0.6 is 34.0 Å². The van der Waals surface area contributed by atoms with Gasteiger partial charge in [-0.3, -0.25) is 0 Å². The van der Waals surface area contributed by atoms with E-state index < -0.39 is 0 Å². The SMILES string of the molecule is c1ccc(-c2ccc(N(c3ccc(-c4ccccc4)cc3)c3cc4c(s3)c3sc5c6sc(N(c7ccc(-c8ccccc8)cc7)c7ccc(-c8ccccc8)cc7)cc6n(-c6cccc(-c7ccc8ccccc8c7)c6)c5c3n4-c3ccc(-c4ccc5ccccc5c4)cc3)cc2)cc1. The Morgan fingerprint density at radius 1 is 0.192 bits per heavy atom. The van der Waals surface area contributed by atoms with Gasteiger partial charge < -0.3 is 18.9 Å². The molecule has 0 saturated heterocycles. The minimum atomic E-state index is 1.09. The highest BCUT2D eigenvalue weighted by molar-refractivity contribution is 7.35. The van der Waals surface area contributed by atoms with Gasteiger partial charge in [-0.05, 0) is 185 Å². The maximum atomic E-state index is 2.59. The Labute approximate surface area is 585 Å². The molecule has 0 aliphatic rings. The minimum Gasteiger partial charge on any atom is -0.305 e. The van der Waals surface area contributed by atoms with E-state index in [1.54, 1.807) is 0 Å². The second-order valence-corrected chi connectivity index (χ2v) is 28.4. The van der Waals surface area contributed by atoms with Crippen molar-refractivity contribution < 1.29 is 0 Å². The summed E-state index contributed by atoms with van der Waals surface area (Å²) < 4.78 is 10.2. The number of benzene rings is 14. The lowest BCUT2D eigenvalue weighted by Gasteiger charge is -2.24. The number of nitrogens with zero attached hydrogens (tertiary/aromatic N) is 4. The molecule has 0 amide bonds. The minimum absolute atomic E-state index is 1.09. The highest BCUT2D eigenvalue weighted by Crippen LogP contribution is 2.55. The third-order valence-electron chi connectivity index (χ3n) is 19.4. The predicted molar refractivity (Wildman–Crippen MR) is 426 cm³/mol. The number of fused-ring (bicyclic) bond motifs is 9. The van der Waals surface area contributed by atoms with Gasteiger partial charge in [0, 0.05) is 34.1 Å². The van der Waals surface area contributed by atoms with Crippen LogP contribution in [0.15, 0.2) is 364 Å². The Balaban J connectivity index is 0.851. The molecule has 4 nitrogen and oxygen atoms in total. The predicted octanol–water partition coefficient (Wildman–Crippen LogP) is 27.3. The summed E-state index contributed by atoms with van der Waals surface area (Å²) in [5, 5.41) is 7.17. The number of thiophene rings is 3. The molecule has 0 spiro atoms.